The summed E-state index contributed by atoms with van der Waals surface area (Å²) in [7, 11) is 1.60. The summed E-state index contributed by atoms with van der Waals surface area (Å²) >= 11 is 0. The van der Waals surface area contributed by atoms with Crippen LogP contribution < -0.4 is 14.8 Å². The highest BCUT2D eigenvalue weighted by Crippen LogP contribution is 2.20. The van der Waals surface area contributed by atoms with E-state index < -0.39 is 6.10 Å². The summed E-state index contributed by atoms with van der Waals surface area (Å²) in [6.07, 6.45) is 1.09. The van der Waals surface area contributed by atoms with Crippen LogP contribution in [0.3, 0.4) is 0 Å². The molecule has 1 atom stereocenters. The number of hydrogen-bond donors (Lipinski definition) is 1. The highest BCUT2D eigenvalue weighted by Gasteiger charge is 2.17. The van der Waals surface area contributed by atoms with Gasteiger partial charge in [0, 0.05) is 12.6 Å². The highest BCUT2D eigenvalue weighted by atomic mass is 16.5. The summed E-state index contributed by atoms with van der Waals surface area (Å²) in [6, 6.07) is 7.27. The summed E-state index contributed by atoms with van der Waals surface area (Å²) < 4.78 is 10.8. The molecule has 0 heterocycles. The second-order valence-electron chi connectivity index (χ2n) is 3.98. The van der Waals surface area contributed by atoms with Crippen molar-refractivity contribution in [2.75, 3.05) is 13.7 Å². The van der Waals surface area contributed by atoms with Crippen molar-refractivity contribution < 1.29 is 14.3 Å². The Morgan fingerprint density at radius 3 is 2.67 bits per heavy atom. The van der Waals surface area contributed by atoms with Gasteiger partial charge < -0.3 is 14.8 Å². The van der Waals surface area contributed by atoms with Crippen molar-refractivity contribution in [1.29, 1.82) is 0 Å². The largest absolute Gasteiger partial charge is 0.497 e. The van der Waals surface area contributed by atoms with Gasteiger partial charge in [0.05, 0.1) is 7.11 Å². The van der Waals surface area contributed by atoms with Gasteiger partial charge >= 0.3 is 0 Å². The number of rotatable bonds is 7. The van der Waals surface area contributed by atoms with Crippen molar-refractivity contribution in [3.63, 3.8) is 0 Å². The van der Waals surface area contributed by atoms with Crippen LogP contribution in [0.1, 0.15) is 26.7 Å². The lowest BCUT2D eigenvalue weighted by Crippen LogP contribution is -2.38. The smallest absolute Gasteiger partial charge is 0.261 e. The third kappa shape index (κ3) is 4.28. The molecule has 100 valence electrons. The van der Waals surface area contributed by atoms with Crippen molar-refractivity contribution in [3.8, 4) is 11.5 Å². The zero-order chi connectivity index (χ0) is 13.4. The molecule has 4 nitrogen and oxygen atoms in total. The van der Waals surface area contributed by atoms with Crippen LogP contribution in [0.15, 0.2) is 24.3 Å². The molecule has 18 heavy (non-hydrogen) atoms. The Morgan fingerprint density at radius 2 is 2.06 bits per heavy atom. The summed E-state index contributed by atoms with van der Waals surface area (Å²) in [5, 5.41) is 2.84. The van der Waals surface area contributed by atoms with E-state index in [1.165, 1.54) is 0 Å². The standard InChI is InChI=1S/C14H21NO3/c1-4-9-15-14(16)13(5-2)18-12-8-6-7-11(10-12)17-3/h6-8,10,13H,4-5,9H2,1-3H3,(H,15,16). The van der Waals surface area contributed by atoms with E-state index in [4.69, 9.17) is 9.47 Å². The number of amides is 1. The number of methoxy groups -OCH3 is 1. The van der Waals surface area contributed by atoms with E-state index in [1.807, 2.05) is 32.0 Å². The maximum absolute atomic E-state index is 11.8. The van der Waals surface area contributed by atoms with E-state index in [2.05, 4.69) is 5.32 Å². The predicted molar refractivity (Wildman–Crippen MR) is 71.0 cm³/mol. The van der Waals surface area contributed by atoms with E-state index in [1.54, 1.807) is 13.2 Å². The molecular formula is C14H21NO3. The molecule has 1 rings (SSSR count). The Labute approximate surface area is 108 Å². The first-order valence-corrected chi connectivity index (χ1v) is 6.29. The van der Waals surface area contributed by atoms with Crippen LogP contribution in [-0.4, -0.2) is 25.7 Å². The molecular weight excluding hydrogens is 230 g/mol. The minimum Gasteiger partial charge on any atom is -0.497 e. The zero-order valence-electron chi connectivity index (χ0n) is 11.2. The third-order valence-electron chi connectivity index (χ3n) is 2.53. The molecule has 0 bridgehead atoms. The van der Waals surface area contributed by atoms with Crippen LogP contribution in [0.2, 0.25) is 0 Å². The average molecular weight is 251 g/mol. The molecule has 1 aromatic rings. The summed E-state index contributed by atoms with van der Waals surface area (Å²) in [5.41, 5.74) is 0. The average Bonchev–Trinajstić information content (AvgIpc) is 2.42. The minimum atomic E-state index is -0.455. The molecule has 0 saturated carbocycles. The quantitative estimate of drug-likeness (QED) is 0.809. The maximum atomic E-state index is 11.8. The molecule has 0 spiro atoms. The van der Waals surface area contributed by atoms with Crippen LogP contribution in [-0.2, 0) is 4.79 Å². The summed E-state index contributed by atoms with van der Waals surface area (Å²) in [5.74, 6) is 1.30. The predicted octanol–water partition coefficient (Wildman–Crippen LogP) is 2.38. The number of carbonyl (C=O) groups is 1. The lowest BCUT2D eigenvalue weighted by atomic mass is 10.2. The minimum absolute atomic E-state index is 0.0674. The normalized spacial score (nSPS) is 11.7. The van der Waals surface area contributed by atoms with Crippen molar-refractivity contribution >= 4 is 5.91 Å². The molecule has 0 fully saturated rings. The second-order valence-corrected chi connectivity index (χ2v) is 3.98. The van der Waals surface area contributed by atoms with Gasteiger partial charge in [0.1, 0.15) is 11.5 Å². The van der Waals surface area contributed by atoms with Gasteiger partial charge in [0.2, 0.25) is 0 Å². The fraction of sp³-hybridized carbons (Fsp3) is 0.500. The Hall–Kier alpha value is -1.71. The van der Waals surface area contributed by atoms with Crippen molar-refractivity contribution in [2.45, 2.75) is 32.8 Å². The number of carbonyl (C=O) groups excluding carboxylic acids is 1. The van der Waals surface area contributed by atoms with Gasteiger partial charge in [-0.15, -0.1) is 0 Å². The van der Waals surface area contributed by atoms with E-state index in [-0.39, 0.29) is 5.91 Å². The lowest BCUT2D eigenvalue weighted by molar-refractivity contribution is -0.128. The lowest BCUT2D eigenvalue weighted by Gasteiger charge is -2.17. The molecule has 1 aromatic carbocycles. The van der Waals surface area contributed by atoms with Crippen LogP contribution in [0.25, 0.3) is 0 Å². The molecule has 0 saturated heterocycles. The van der Waals surface area contributed by atoms with Crippen LogP contribution >= 0.6 is 0 Å². The Bertz CT molecular complexity index is 379. The number of benzene rings is 1. The van der Waals surface area contributed by atoms with Gasteiger partial charge in [-0.3, -0.25) is 4.79 Å². The Balaban J connectivity index is 2.63. The molecule has 0 aliphatic heterocycles. The fourth-order valence-electron chi connectivity index (χ4n) is 1.52. The van der Waals surface area contributed by atoms with Crippen LogP contribution in [0, 0.1) is 0 Å². The number of ether oxygens (including phenoxy) is 2. The Morgan fingerprint density at radius 1 is 1.33 bits per heavy atom. The molecule has 1 amide bonds. The molecule has 1 unspecified atom stereocenters. The molecule has 0 aliphatic carbocycles. The molecule has 4 heteroatoms. The van der Waals surface area contributed by atoms with Gasteiger partial charge in [0.15, 0.2) is 6.10 Å². The molecule has 0 aromatic heterocycles. The number of nitrogens with one attached hydrogen (secondary N) is 1. The maximum Gasteiger partial charge on any atom is 0.261 e. The molecule has 0 aliphatic rings. The highest BCUT2D eigenvalue weighted by molar-refractivity contribution is 5.81. The zero-order valence-corrected chi connectivity index (χ0v) is 11.2. The van der Waals surface area contributed by atoms with E-state index in [9.17, 15) is 4.79 Å². The van der Waals surface area contributed by atoms with E-state index in [0.717, 1.165) is 12.2 Å². The van der Waals surface area contributed by atoms with Crippen molar-refractivity contribution in [1.82, 2.24) is 5.32 Å². The number of hydrogen-bond acceptors (Lipinski definition) is 3. The first kappa shape index (κ1) is 14.4. The van der Waals surface area contributed by atoms with Gasteiger partial charge in [-0.1, -0.05) is 19.9 Å². The van der Waals surface area contributed by atoms with Gasteiger partial charge in [-0.25, -0.2) is 0 Å². The van der Waals surface area contributed by atoms with Gasteiger partial charge in [0.25, 0.3) is 5.91 Å². The second kappa shape index (κ2) is 7.58. The van der Waals surface area contributed by atoms with E-state index >= 15 is 0 Å². The molecule has 1 N–H and O–H groups in total. The van der Waals surface area contributed by atoms with Gasteiger partial charge in [-0.05, 0) is 25.0 Å². The first-order valence-electron chi connectivity index (χ1n) is 6.29. The first-order chi connectivity index (χ1) is 8.71. The SMILES string of the molecule is CCCNC(=O)C(CC)Oc1cccc(OC)c1. The van der Waals surface area contributed by atoms with Crippen LogP contribution in [0.4, 0.5) is 0 Å². The van der Waals surface area contributed by atoms with E-state index in [0.29, 0.717) is 18.7 Å². The molecule has 0 radical (unpaired) electrons. The summed E-state index contributed by atoms with van der Waals surface area (Å²) in [6.45, 7) is 4.62. The third-order valence-corrected chi connectivity index (χ3v) is 2.53. The van der Waals surface area contributed by atoms with Gasteiger partial charge in [-0.2, -0.15) is 0 Å². The van der Waals surface area contributed by atoms with Crippen molar-refractivity contribution in [2.24, 2.45) is 0 Å². The van der Waals surface area contributed by atoms with Crippen molar-refractivity contribution in [3.05, 3.63) is 24.3 Å². The van der Waals surface area contributed by atoms with Crippen LogP contribution in [0.5, 0.6) is 11.5 Å². The Kier molecular flexibility index (Phi) is 6.05. The summed E-state index contributed by atoms with van der Waals surface area (Å²) in [4.78, 5) is 11.8. The fourth-order valence-corrected chi connectivity index (χ4v) is 1.52. The monoisotopic (exact) mass is 251 g/mol. The topological polar surface area (TPSA) is 47.6 Å².